The summed E-state index contributed by atoms with van der Waals surface area (Å²) in [6.07, 6.45) is 5.24. The molecule has 0 aromatic carbocycles. The van der Waals surface area contributed by atoms with Gasteiger partial charge in [-0.3, -0.25) is 0 Å². The summed E-state index contributed by atoms with van der Waals surface area (Å²) in [6, 6.07) is 0. The summed E-state index contributed by atoms with van der Waals surface area (Å²) in [7, 11) is 0. The maximum atomic E-state index is 5.92. The van der Waals surface area contributed by atoms with Gasteiger partial charge < -0.3 is 11.1 Å². The Balaban J connectivity index is 2.47. The van der Waals surface area contributed by atoms with Gasteiger partial charge in [-0.1, -0.05) is 33.6 Å². The first kappa shape index (κ1) is 12.0. The Hall–Kier alpha value is -0.0800. The highest BCUT2D eigenvalue weighted by atomic mass is 15.0. The summed E-state index contributed by atoms with van der Waals surface area (Å²) >= 11 is 0. The molecule has 1 saturated carbocycles. The van der Waals surface area contributed by atoms with Gasteiger partial charge in [0.2, 0.25) is 0 Å². The molecule has 0 bridgehead atoms. The summed E-state index contributed by atoms with van der Waals surface area (Å²) in [6.45, 7) is 8.75. The number of hydrogen-bond donors (Lipinski definition) is 2. The number of hydrogen-bond acceptors (Lipinski definition) is 2. The zero-order chi connectivity index (χ0) is 10.6. The van der Waals surface area contributed by atoms with Gasteiger partial charge in [0.1, 0.15) is 0 Å². The van der Waals surface area contributed by atoms with Crippen LogP contribution in [0.25, 0.3) is 0 Å². The molecule has 0 radical (unpaired) electrons. The summed E-state index contributed by atoms with van der Waals surface area (Å²) < 4.78 is 0. The maximum Gasteiger partial charge on any atom is 0.0306 e. The first-order valence-electron chi connectivity index (χ1n) is 6.03. The molecule has 2 nitrogen and oxygen atoms in total. The van der Waals surface area contributed by atoms with Crippen LogP contribution in [0.2, 0.25) is 0 Å². The van der Waals surface area contributed by atoms with E-state index >= 15 is 0 Å². The minimum Gasteiger partial charge on any atom is -0.329 e. The molecule has 0 amide bonds. The summed E-state index contributed by atoms with van der Waals surface area (Å²) in [5.74, 6) is 1.56. The molecule has 0 aliphatic heterocycles. The molecule has 1 fully saturated rings. The predicted molar refractivity (Wildman–Crippen MR) is 62.3 cm³/mol. The van der Waals surface area contributed by atoms with Crippen molar-refractivity contribution in [2.45, 2.75) is 52.0 Å². The zero-order valence-electron chi connectivity index (χ0n) is 9.97. The van der Waals surface area contributed by atoms with Crippen molar-refractivity contribution in [2.24, 2.45) is 17.6 Å². The van der Waals surface area contributed by atoms with Crippen molar-refractivity contribution in [3.8, 4) is 0 Å². The first-order valence-corrected chi connectivity index (χ1v) is 6.03. The second-order valence-corrected chi connectivity index (χ2v) is 5.46. The highest BCUT2D eigenvalue weighted by molar-refractivity contribution is 4.93. The predicted octanol–water partition coefficient (Wildman–Crippen LogP) is 2.14. The van der Waals surface area contributed by atoms with Crippen LogP contribution in [0, 0.1) is 11.8 Å². The average Bonchev–Trinajstić information content (AvgIpc) is 2.15. The Kier molecular flexibility index (Phi) is 4.39. The minimum absolute atomic E-state index is 0.252. The molecule has 0 aromatic rings. The number of nitrogens with two attached hydrogens (primary N) is 1. The van der Waals surface area contributed by atoms with Gasteiger partial charge in [-0.15, -0.1) is 0 Å². The van der Waals surface area contributed by atoms with Crippen LogP contribution in [0.15, 0.2) is 0 Å². The number of rotatable bonds is 4. The lowest BCUT2D eigenvalue weighted by atomic mass is 9.76. The van der Waals surface area contributed by atoms with E-state index in [-0.39, 0.29) is 5.54 Å². The van der Waals surface area contributed by atoms with Crippen LogP contribution in [0.5, 0.6) is 0 Å². The molecule has 2 atom stereocenters. The summed E-state index contributed by atoms with van der Waals surface area (Å²) in [5, 5.41) is 3.69. The molecule has 1 aliphatic rings. The molecule has 0 saturated heterocycles. The fourth-order valence-electron chi connectivity index (χ4n) is 2.50. The van der Waals surface area contributed by atoms with Gasteiger partial charge in [-0.05, 0) is 31.2 Å². The van der Waals surface area contributed by atoms with Crippen molar-refractivity contribution in [1.29, 1.82) is 0 Å². The molecule has 1 aliphatic carbocycles. The highest BCUT2D eigenvalue weighted by Gasteiger charge is 2.32. The van der Waals surface area contributed by atoms with Crippen LogP contribution in [-0.2, 0) is 0 Å². The van der Waals surface area contributed by atoms with E-state index in [1.165, 1.54) is 25.7 Å². The van der Waals surface area contributed by atoms with E-state index in [0.717, 1.165) is 24.9 Å². The van der Waals surface area contributed by atoms with Crippen LogP contribution < -0.4 is 11.1 Å². The van der Waals surface area contributed by atoms with E-state index in [1.807, 2.05) is 0 Å². The van der Waals surface area contributed by atoms with Gasteiger partial charge in [-0.2, -0.15) is 0 Å². The Bertz CT molecular complexity index is 168. The quantitative estimate of drug-likeness (QED) is 0.726. The normalized spacial score (nSPS) is 33.6. The van der Waals surface area contributed by atoms with E-state index in [4.69, 9.17) is 5.73 Å². The van der Waals surface area contributed by atoms with Crippen molar-refractivity contribution >= 4 is 0 Å². The van der Waals surface area contributed by atoms with Crippen LogP contribution in [0.1, 0.15) is 46.5 Å². The molecule has 0 heterocycles. The Morgan fingerprint density at radius 1 is 1.50 bits per heavy atom. The maximum absolute atomic E-state index is 5.92. The second kappa shape index (κ2) is 5.13. The van der Waals surface area contributed by atoms with Crippen LogP contribution >= 0.6 is 0 Å². The smallest absolute Gasteiger partial charge is 0.0306 e. The van der Waals surface area contributed by atoms with Crippen molar-refractivity contribution < 1.29 is 0 Å². The van der Waals surface area contributed by atoms with Crippen molar-refractivity contribution in [3.05, 3.63) is 0 Å². The van der Waals surface area contributed by atoms with Crippen molar-refractivity contribution in [2.75, 3.05) is 13.1 Å². The fraction of sp³-hybridized carbons (Fsp3) is 1.00. The molecule has 0 spiro atoms. The standard InChI is InChI=1S/C12H26N2/c1-10(2)8-14-12(9-13)6-4-5-11(3)7-12/h10-11,14H,4-9,13H2,1-3H3. The van der Waals surface area contributed by atoms with E-state index in [2.05, 4.69) is 26.1 Å². The van der Waals surface area contributed by atoms with Gasteiger partial charge >= 0.3 is 0 Å². The summed E-state index contributed by atoms with van der Waals surface area (Å²) in [4.78, 5) is 0. The van der Waals surface area contributed by atoms with Gasteiger partial charge in [0.15, 0.2) is 0 Å². The van der Waals surface area contributed by atoms with Crippen LogP contribution in [-0.4, -0.2) is 18.6 Å². The third-order valence-electron chi connectivity index (χ3n) is 3.37. The molecular weight excluding hydrogens is 172 g/mol. The van der Waals surface area contributed by atoms with Crippen LogP contribution in [0.3, 0.4) is 0 Å². The third-order valence-corrected chi connectivity index (χ3v) is 3.37. The Morgan fingerprint density at radius 2 is 2.21 bits per heavy atom. The molecule has 84 valence electrons. The molecule has 14 heavy (non-hydrogen) atoms. The lowest BCUT2D eigenvalue weighted by Gasteiger charge is -2.40. The average molecular weight is 198 g/mol. The third kappa shape index (κ3) is 3.25. The second-order valence-electron chi connectivity index (χ2n) is 5.46. The summed E-state index contributed by atoms with van der Waals surface area (Å²) in [5.41, 5.74) is 6.18. The van der Waals surface area contributed by atoms with Gasteiger partial charge in [0.05, 0.1) is 0 Å². The minimum atomic E-state index is 0.252. The Morgan fingerprint density at radius 3 is 2.71 bits per heavy atom. The Labute approximate surface area is 88.6 Å². The lowest BCUT2D eigenvalue weighted by molar-refractivity contribution is 0.188. The van der Waals surface area contributed by atoms with Crippen molar-refractivity contribution in [1.82, 2.24) is 5.32 Å². The van der Waals surface area contributed by atoms with Crippen molar-refractivity contribution in [3.63, 3.8) is 0 Å². The molecule has 2 heteroatoms. The largest absolute Gasteiger partial charge is 0.329 e. The topological polar surface area (TPSA) is 38.0 Å². The highest BCUT2D eigenvalue weighted by Crippen LogP contribution is 2.31. The fourth-order valence-corrected chi connectivity index (χ4v) is 2.50. The number of nitrogens with one attached hydrogen (secondary N) is 1. The molecule has 3 N–H and O–H groups in total. The van der Waals surface area contributed by atoms with Gasteiger partial charge in [0.25, 0.3) is 0 Å². The molecule has 0 aromatic heterocycles. The molecule has 2 unspecified atom stereocenters. The first-order chi connectivity index (χ1) is 6.58. The zero-order valence-corrected chi connectivity index (χ0v) is 9.97. The molecule has 1 rings (SSSR count). The van der Waals surface area contributed by atoms with Crippen LogP contribution in [0.4, 0.5) is 0 Å². The van der Waals surface area contributed by atoms with Gasteiger partial charge in [0, 0.05) is 12.1 Å². The van der Waals surface area contributed by atoms with E-state index in [0.29, 0.717) is 0 Å². The van der Waals surface area contributed by atoms with Gasteiger partial charge in [-0.25, -0.2) is 0 Å². The van der Waals surface area contributed by atoms with E-state index < -0.39 is 0 Å². The SMILES string of the molecule is CC(C)CNC1(CN)CCCC(C)C1. The monoisotopic (exact) mass is 198 g/mol. The molecular formula is C12H26N2. The lowest BCUT2D eigenvalue weighted by Crippen LogP contribution is -2.54. The van der Waals surface area contributed by atoms with E-state index in [1.54, 1.807) is 0 Å². The van der Waals surface area contributed by atoms with E-state index in [9.17, 15) is 0 Å².